The Balaban J connectivity index is 1.56. The zero-order valence-electron chi connectivity index (χ0n) is 17.7. The number of benzene rings is 1. The number of Topliss-reactive ketones (excluding diaryl/α,β-unsaturated/α-hetero) is 1. The SMILES string of the molecule is CC(=O)c1ccccc1NC(=O)C(C)Sc1nnc(-c2ccco2)n1C1CCCCC1. The molecule has 3 aromatic rings. The molecular weight excluding hydrogens is 412 g/mol. The summed E-state index contributed by atoms with van der Waals surface area (Å²) in [6, 6.07) is 11.1. The van der Waals surface area contributed by atoms with E-state index in [1.54, 1.807) is 30.5 Å². The molecule has 1 amide bonds. The Morgan fingerprint density at radius 2 is 1.90 bits per heavy atom. The number of ketones is 1. The summed E-state index contributed by atoms with van der Waals surface area (Å²) in [4.78, 5) is 24.8. The van der Waals surface area contributed by atoms with Gasteiger partial charge in [0, 0.05) is 11.6 Å². The quantitative estimate of drug-likeness (QED) is 0.394. The number of aromatic nitrogens is 3. The summed E-state index contributed by atoms with van der Waals surface area (Å²) in [5.74, 6) is 1.11. The number of thioether (sulfide) groups is 1. The van der Waals surface area contributed by atoms with Gasteiger partial charge in [0.2, 0.25) is 11.7 Å². The molecule has 8 heteroatoms. The minimum atomic E-state index is -0.420. The molecule has 1 aromatic carbocycles. The molecule has 0 spiro atoms. The first-order valence-corrected chi connectivity index (χ1v) is 11.5. The Morgan fingerprint density at radius 3 is 2.61 bits per heavy atom. The van der Waals surface area contributed by atoms with Crippen LogP contribution in [0.4, 0.5) is 5.69 Å². The summed E-state index contributed by atoms with van der Waals surface area (Å²) < 4.78 is 7.72. The van der Waals surface area contributed by atoms with E-state index in [0.717, 1.165) is 12.8 Å². The van der Waals surface area contributed by atoms with Gasteiger partial charge in [0.25, 0.3) is 0 Å². The number of nitrogens with one attached hydrogen (secondary N) is 1. The predicted octanol–water partition coefficient (Wildman–Crippen LogP) is 5.37. The van der Waals surface area contributed by atoms with E-state index in [2.05, 4.69) is 20.1 Å². The van der Waals surface area contributed by atoms with Crippen LogP contribution >= 0.6 is 11.8 Å². The first kappa shape index (κ1) is 21.4. The Labute approximate surface area is 185 Å². The molecule has 0 radical (unpaired) electrons. The molecule has 31 heavy (non-hydrogen) atoms. The molecule has 1 N–H and O–H groups in total. The standard InChI is InChI=1S/C23H26N4O3S/c1-15(28)18-11-6-7-12-19(18)24-22(29)16(2)31-23-26-25-21(20-13-8-14-30-20)27(23)17-9-4-3-5-10-17/h6-8,11-14,16-17H,3-5,9-10H2,1-2H3,(H,24,29). The fraction of sp³-hybridized carbons (Fsp3) is 0.391. The molecule has 0 aliphatic heterocycles. The van der Waals surface area contributed by atoms with Crippen LogP contribution in [0.25, 0.3) is 11.6 Å². The number of anilines is 1. The highest BCUT2D eigenvalue weighted by Gasteiger charge is 2.27. The summed E-state index contributed by atoms with van der Waals surface area (Å²) in [6.45, 7) is 3.33. The van der Waals surface area contributed by atoms with Gasteiger partial charge >= 0.3 is 0 Å². The fourth-order valence-corrected chi connectivity index (χ4v) is 4.86. The average molecular weight is 439 g/mol. The van der Waals surface area contributed by atoms with Gasteiger partial charge in [0.05, 0.1) is 17.2 Å². The van der Waals surface area contributed by atoms with Crippen LogP contribution in [0.5, 0.6) is 0 Å². The van der Waals surface area contributed by atoms with E-state index in [0.29, 0.717) is 34.0 Å². The lowest BCUT2D eigenvalue weighted by Crippen LogP contribution is -2.24. The van der Waals surface area contributed by atoms with Gasteiger partial charge in [-0.2, -0.15) is 0 Å². The third-order valence-electron chi connectivity index (χ3n) is 5.56. The van der Waals surface area contributed by atoms with Crippen LogP contribution in [0.15, 0.2) is 52.2 Å². The highest BCUT2D eigenvalue weighted by atomic mass is 32.2. The second-order valence-corrected chi connectivity index (χ2v) is 9.10. The van der Waals surface area contributed by atoms with Gasteiger partial charge < -0.3 is 9.73 Å². The van der Waals surface area contributed by atoms with Crippen LogP contribution in [0.3, 0.4) is 0 Å². The third-order valence-corrected chi connectivity index (χ3v) is 6.62. The Kier molecular flexibility index (Phi) is 6.56. The van der Waals surface area contributed by atoms with Crippen molar-refractivity contribution >= 4 is 29.1 Å². The average Bonchev–Trinajstić information content (AvgIpc) is 3.44. The van der Waals surface area contributed by atoms with Crippen LogP contribution in [0.1, 0.15) is 62.4 Å². The van der Waals surface area contributed by atoms with Gasteiger partial charge in [0.1, 0.15) is 0 Å². The molecule has 162 valence electrons. The predicted molar refractivity (Wildman–Crippen MR) is 120 cm³/mol. The normalized spacial score (nSPS) is 15.5. The van der Waals surface area contributed by atoms with E-state index >= 15 is 0 Å². The van der Waals surface area contributed by atoms with Crippen molar-refractivity contribution in [2.45, 2.75) is 62.4 Å². The zero-order valence-corrected chi connectivity index (χ0v) is 18.5. The van der Waals surface area contributed by atoms with E-state index in [-0.39, 0.29) is 11.7 Å². The molecule has 1 atom stereocenters. The van der Waals surface area contributed by atoms with Crippen LogP contribution in [0, 0.1) is 0 Å². The Morgan fingerprint density at radius 1 is 1.13 bits per heavy atom. The number of rotatable bonds is 7. The van der Waals surface area contributed by atoms with Crippen LogP contribution in [0.2, 0.25) is 0 Å². The topological polar surface area (TPSA) is 90.0 Å². The lowest BCUT2D eigenvalue weighted by molar-refractivity contribution is -0.115. The molecule has 1 aliphatic carbocycles. The van der Waals surface area contributed by atoms with Crippen molar-refractivity contribution in [3.63, 3.8) is 0 Å². The molecule has 0 saturated heterocycles. The van der Waals surface area contributed by atoms with Crippen molar-refractivity contribution in [2.24, 2.45) is 0 Å². The molecule has 4 rings (SSSR count). The molecule has 2 heterocycles. The second kappa shape index (κ2) is 9.51. The van der Waals surface area contributed by atoms with E-state index < -0.39 is 5.25 Å². The third kappa shape index (κ3) is 4.74. The van der Waals surface area contributed by atoms with Crippen LogP contribution < -0.4 is 5.32 Å². The summed E-state index contributed by atoms with van der Waals surface area (Å²) in [7, 11) is 0. The highest BCUT2D eigenvalue weighted by molar-refractivity contribution is 8.00. The second-order valence-electron chi connectivity index (χ2n) is 7.80. The van der Waals surface area contributed by atoms with Crippen molar-refractivity contribution in [2.75, 3.05) is 5.32 Å². The molecular formula is C23H26N4O3S. The highest BCUT2D eigenvalue weighted by Crippen LogP contribution is 2.36. The van der Waals surface area contributed by atoms with E-state index in [9.17, 15) is 9.59 Å². The molecule has 2 aromatic heterocycles. The van der Waals surface area contributed by atoms with Crippen LogP contribution in [-0.2, 0) is 4.79 Å². The number of carbonyl (C=O) groups is 2. The molecule has 1 saturated carbocycles. The smallest absolute Gasteiger partial charge is 0.237 e. The minimum absolute atomic E-state index is 0.0867. The van der Waals surface area contributed by atoms with Gasteiger partial charge in [-0.3, -0.25) is 14.2 Å². The van der Waals surface area contributed by atoms with Crippen molar-refractivity contribution in [1.29, 1.82) is 0 Å². The van der Waals surface area contributed by atoms with Gasteiger partial charge in [-0.1, -0.05) is 43.2 Å². The van der Waals surface area contributed by atoms with E-state index in [1.807, 2.05) is 19.1 Å². The van der Waals surface area contributed by atoms with Gasteiger partial charge in [-0.25, -0.2) is 0 Å². The van der Waals surface area contributed by atoms with Gasteiger partial charge in [-0.05, 0) is 51.0 Å². The summed E-state index contributed by atoms with van der Waals surface area (Å²) in [6.07, 6.45) is 7.33. The maximum Gasteiger partial charge on any atom is 0.237 e. The number of furan rings is 1. The van der Waals surface area contributed by atoms with Gasteiger partial charge in [0.15, 0.2) is 16.7 Å². The largest absolute Gasteiger partial charge is 0.461 e. The number of para-hydroxylation sites is 1. The number of amides is 1. The summed E-state index contributed by atoms with van der Waals surface area (Å²) in [5, 5.41) is 12.0. The number of carbonyl (C=O) groups excluding carboxylic acids is 2. The first-order chi connectivity index (χ1) is 15.0. The summed E-state index contributed by atoms with van der Waals surface area (Å²) >= 11 is 1.37. The Hall–Kier alpha value is -2.87. The molecule has 7 nitrogen and oxygen atoms in total. The fourth-order valence-electron chi connectivity index (χ4n) is 3.94. The van der Waals surface area contributed by atoms with Crippen molar-refractivity contribution in [1.82, 2.24) is 14.8 Å². The van der Waals surface area contributed by atoms with E-state index in [4.69, 9.17) is 4.42 Å². The molecule has 0 bridgehead atoms. The minimum Gasteiger partial charge on any atom is -0.461 e. The monoisotopic (exact) mass is 438 g/mol. The van der Waals surface area contributed by atoms with Crippen LogP contribution in [-0.4, -0.2) is 31.7 Å². The number of nitrogens with zero attached hydrogens (tertiary/aromatic N) is 3. The van der Waals surface area contributed by atoms with Crippen molar-refractivity contribution < 1.29 is 14.0 Å². The zero-order chi connectivity index (χ0) is 21.8. The van der Waals surface area contributed by atoms with E-state index in [1.165, 1.54) is 37.9 Å². The molecule has 1 unspecified atom stereocenters. The van der Waals surface area contributed by atoms with Gasteiger partial charge in [-0.15, -0.1) is 10.2 Å². The molecule has 1 fully saturated rings. The number of hydrogen-bond acceptors (Lipinski definition) is 6. The maximum atomic E-state index is 12.9. The maximum absolute atomic E-state index is 12.9. The number of hydrogen-bond donors (Lipinski definition) is 1. The Bertz CT molecular complexity index is 1050. The first-order valence-electron chi connectivity index (χ1n) is 10.6. The molecule has 1 aliphatic rings. The summed E-state index contributed by atoms with van der Waals surface area (Å²) in [5.41, 5.74) is 1.02. The van der Waals surface area contributed by atoms with Crippen molar-refractivity contribution in [3.05, 3.63) is 48.2 Å². The van der Waals surface area contributed by atoms with Crippen molar-refractivity contribution in [3.8, 4) is 11.6 Å². The lowest BCUT2D eigenvalue weighted by Gasteiger charge is -2.25. The lowest BCUT2D eigenvalue weighted by atomic mass is 9.95.